The lowest BCUT2D eigenvalue weighted by atomic mass is 9.86. The summed E-state index contributed by atoms with van der Waals surface area (Å²) in [5, 5.41) is 5.52. The molecular weight excluding hydrogens is 353 g/mol. The number of ether oxygens (including phenoxy) is 1. The van der Waals surface area contributed by atoms with Crippen molar-refractivity contribution in [3.63, 3.8) is 0 Å². The second-order valence-electron chi connectivity index (χ2n) is 5.92. The summed E-state index contributed by atoms with van der Waals surface area (Å²) in [6.07, 6.45) is -2.58. The molecule has 1 saturated heterocycles. The average Bonchev–Trinajstić information content (AvgIpc) is 2.61. The van der Waals surface area contributed by atoms with Crippen LogP contribution in [0.5, 0.6) is 0 Å². The number of hydrogen-bond acceptors (Lipinski definition) is 5. The summed E-state index contributed by atoms with van der Waals surface area (Å²) in [6, 6.07) is 8.73. The van der Waals surface area contributed by atoms with E-state index in [-0.39, 0.29) is 6.04 Å². The first kappa shape index (κ1) is 19.9. The van der Waals surface area contributed by atoms with Gasteiger partial charge in [0, 0.05) is 6.04 Å². The maximum absolute atomic E-state index is 12.6. The predicted octanol–water partition coefficient (Wildman–Crippen LogP) is 1.66. The molecule has 1 amide bonds. The minimum atomic E-state index is -5.27. The summed E-state index contributed by atoms with van der Waals surface area (Å²) in [6.45, 7) is -0.0693. The average molecular weight is 372 g/mol. The Morgan fingerprint density at radius 1 is 1.19 bits per heavy atom. The standard InChI is InChI=1S/C17H19F3N2O4/c18-17(19,20)16(25)26-13(23)10-22-15(24)14(11-6-2-1-3-7-11)12-8-4-5-9-21-12/h1-3,6-7,12,14,21H,4-5,8-10H2,(H,22,24). The Labute approximate surface area is 148 Å². The highest BCUT2D eigenvalue weighted by Crippen LogP contribution is 2.25. The first-order chi connectivity index (χ1) is 12.3. The number of alkyl halides is 3. The summed E-state index contributed by atoms with van der Waals surface area (Å²) in [5.74, 6) is -5.20. The van der Waals surface area contributed by atoms with E-state index < -0.39 is 36.5 Å². The SMILES string of the molecule is O=C(CNC(=O)C(c1ccccc1)C1CCCCN1)OC(=O)C(F)(F)F. The van der Waals surface area contributed by atoms with E-state index in [1.54, 1.807) is 30.3 Å². The summed E-state index contributed by atoms with van der Waals surface area (Å²) in [4.78, 5) is 34.6. The van der Waals surface area contributed by atoms with Gasteiger partial charge in [-0.15, -0.1) is 0 Å². The Kier molecular flexibility index (Phi) is 6.73. The molecule has 0 aromatic heterocycles. The van der Waals surface area contributed by atoms with E-state index in [1.165, 1.54) is 0 Å². The van der Waals surface area contributed by atoms with Gasteiger partial charge in [-0.1, -0.05) is 36.8 Å². The molecule has 2 rings (SSSR count). The number of carbonyl (C=O) groups excluding carboxylic acids is 3. The van der Waals surface area contributed by atoms with Gasteiger partial charge < -0.3 is 15.4 Å². The fraction of sp³-hybridized carbons (Fsp3) is 0.471. The molecule has 1 aromatic rings. The Morgan fingerprint density at radius 2 is 1.88 bits per heavy atom. The number of benzene rings is 1. The molecule has 9 heteroatoms. The van der Waals surface area contributed by atoms with Crippen LogP contribution in [0.4, 0.5) is 13.2 Å². The van der Waals surface area contributed by atoms with E-state index in [9.17, 15) is 27.6 Å². The minimum absolute atomic E-state index is 0.154. The van der Waals surface area contributed by atoms with Crippen LogP contribution in [-0.4, -0.2) is 43.2 Å². The lowest BCUT2D eigenvalue weighted by Gasteiger charge is -2.30. The van der Waals surface area contributed by atoms with Crippen LogP contribution < -0.4 is 10.6 Å². The van der Waals surface area contributed by atoms with Gasteiger partial charge in [0.25, 0.3) is 0 Å². The topological polar surface area (TPSA) is 84.5 Å². The molecule has 6 nitrogen and oxygen atoms in total. The molecule has 1 fully saturated rings. The lowest BCUT2D eigenvalue weighted by molar-refractivity contribution is -0.201. The van der Waals surface area contributed by atoms with Gasteiger partial charge in [0.15, 0.2) is 0 Å². The molecule has 0 bridgehead atoms. The van der Waals surface area contributed by atoms with Crippen molar-refractivity contribution in [2.75, 3.05) is 13.1 Å². The van der Waals surface area contributed by atoms with Gasteiger partial charge in [0.2, 0.25) is 5.91 Å². The van der Waals surface area contributed by atoms with Crippen LogP contribution in [0.3, 0.4) is 0 Å². The highest BCUT2D eigenvalue weighted by Gasteiger charge is 2.42. The van der Waals surface area contributed by atoms with Crippen LogP contribution in [0.15, 0.2) is 30.3 Å². The number of carbonyl (C=O) groups is 3. The molecule has 2 N–H and O–H groups in total. The number of piperidine rings is 1. The summed E-state index contributed by atoms with van der Waals surface area (Å²) in [7, 11) is 0. The Hall–Kier alpha value is -2.42. The Morgan fingerprint density at radius 3 is 2.46 bits per heavy atom. The summed E-state index contributed by atoms with van der Waals surface area (Å²) >= 11 is 0. The van der Waals surface area contributed by atoms with E-state index in [0.29, 0.717) is 0 Å². The molecule has 2 atom stereocenters. The van der Waals surface area contributed by atoms with Gasteiger partial charge in [0.05, 0.1) is 5.92 Å². The first-order valence-electron chi connectivity index (χ1n) is 8.17. The third kappa shape index (κ3) is 5.55. The molecular formula is C17H19F3N2O4. The molecule has 1 heterocycles. The monoisotopic (exact) mass is 372 g/mol. The Bertz CT molecular complexity index is 643. The molecule has 0 saturated carbocycles. The van der Waals surface area contributed by atoms with Crippen LogP contribution in [0, 0.1) is 0 Å². The van der Waals surface area contributed by atoms with Crippen molar-refractivity contribution in [1.29, 1.82) is 0 Å². The van der Waals surface area contributed by atoms with E-state index in [2.05, 4.69) is 15.4 Å². The van der Waals surface area contributed by atoms with Gasteiger partial charge in [0.1, 0.15) is 6.54 Å². The largest absolute Gasteiger partial charge is 0.491 e. The summed E-state index contributed by atoms with van der Waals surface area (Å²) < 4.78 is 39.9. The van der Waals surface area contributed by atoms with Crippen LogP contribution in [0.2, 0.25) is 0 Å². The van der Waals surface area contributed by atoms with Crippen molar-refractivity contribution >= 4 is 17.8 Å². The van der Waals surface area contributed by atoms with Crippen molar-refractivity contribution in [2.24, 2.45) is 0 Å². The van der Waals surface area contributed by atoms with Crippen molar-refractivity contribution in [3.8, 4) is 0 Å². The third-order valence-corrected chi connectivity index (χ3v) is 4.04. The molecule has 1 aromatic carbocycles. The molecule has 1 aliphatic rings. The maximum atomic E-state index is 12.6. The fourth-order valence-corrected chi connectivity index (χ4v) is 2.86. The van der Waals surface area contributed by atoms with Crippen molar-refractivity contribution < 1.29 is 32.3 Å². The van der Waals surface area contributed by atoms with Crippen molar-refractivity contribution in [1.82, 2.24) is 10.6 Å². The lowest BCUT2D eigenvalue weighted by Crippen LogP contribution is -2.46. The normalized spacial score (nSPS) is 18.7. The van der Waals surface area contributed by atoms with Crippen LogP contribution in [0.1, 0.15) is 30.7 Å². The highest BCUT2D eigenvalue weighted by atomic mass is 19.4. The molecule has 0 aliphatic carbocycles. The molecule has 1 aliphatic heterocycles. The van der Waals surface area contributed by atoms with Gasteiger partial charge in [-0.05, 0) is 24.9 Å². The van der Waals surface area contributed by atoms with E-state index >= 15 is 0 Å². The van der Waals surface area contributed by atoms with Gasteiger partial charge in [-0.3, -0.25) is 4.79 Å². The number of amides is 1. The zero-order valence-electron chi connectivity index (χ0n) is 13.8. The maximum Gasteiger partial charge on any atom is 0.491 e. The molecule has 0 radical (unpaired) electrons. The van der Waals surface area contributed by atoms with Crippen LogP contribution in [-0.2, 0) is 19.1 Å². The smallest absolute Gasteiger partial charge is 0.385 e. The quantitative estimate of drug-likeness (QED) is 0.607. The first-order valence-corrected chi connectivity index (χ1v) is 8.17. The highest BCUT2D eigenvalue weighted by molar-refractivity contribution is 5.92. The second kappa shape index (κ2) is 8.79. The fourth-order valence-electron chi connectivity index (χ4n) is 2.86. The zero-order valence-corrected chi connectivity index (χ0v) is 13.8. The number of hydrogen-bond donors (Lipinski definition) is 2. The van der Waals surface area contributed by atoms with E-state index in [4.69, 9.17) is 0 Å². The predicted molar refractivity (Wildman–Crippen MR) is 85.0 cm³/mol. The molecule has 142 valence electrons. The molecule has 26 heavy (non-hydrogen) atoms. The van der Waals surface area contributed by atoms with E-state index in [0.717, 1.165) is 31.4 Å². The molecule has 0 spiro atoms. The number of halogens is 3. The third-order valence-electron chi connectivity index (χ3n) is 4.04. The number of nitrogens with one attached hydrogen (secondary N) is 2. The van der Waals surface area contributed by atoms with Crippen LogP contribution >= 0.6 is 0 Å². The van der Waals surface area contributed by atoms with Gasteiger partial charge >= 0.3 is 18.1 Å². The zero-order chi connectivity index (χ0) is 19.2. The Balaban J connectivity index is 2.00. The number of rotatable bonds is 5. The van der Waals surface area contributed by atoms with Crippen LogP contribution in [0.25, 0.3) is 0 Å². The van der Waals surface area contributed by atoms with Gasteiger partial charge in [-0.25, -0.2) is 9.59 Å². The van der Waals surface area contributed by atoms with Gasteiger partial charge in [-0.2, -0.15) is 13.2 Å². The van der Waals surface area contributed by atoms with Crippen molar-refractivity contribution in [2.45, 2.75) is 37.4 Å². The second-order valence-corrected chi connectivity index (χ2v) is 5.92. The van der Waals surface area contributed by atoms with Crippen molar-refractivity contribution in [3.05, 3.63) is 35.9 Å². The van der Waals surface area contributed by atoms with E-state index in [1.807, 2.05) is 0 Å². The minimum Gasteiger partial charge on any atom is -0.385 e. The number of esters is 2. The summed E-state index contributed by atoms with van der Waals surface area (Å²) in [5.41, 5.74) is 0.726. The molecule has 2 unspecified atom stereocenters.